The highest BCUT2D eigenvalue weighted by molar-refractivity contribution is 5.83. The summed E-state index contributed by atoms with van der Waals surface area (Å²) in [4.78, 5) is 19.9. The van der Waals surface area contributed by atoms with Crippen LogP contribution in [-0.4, -0.2) is 29.0 Å². The number of carboxylic acids is 1. The molecule has 0 saturated carbocycles. The number of carbonyl (C=O) groups excluding carboxylic acids is 1. The predicted octanol–water partition coefficient (Wildman–Crippen LogP) is -2.89. The van der Waals surface area contributed by atoms with Crippen molar-refractivity contribution in [2.24, 2.45) is 22.9 Å². The van der Waals surface area contributed by atoms with E-state index in [-0.39, 0.29) is 12.4 Å². The zero-order valence-electron chi connectivity index (χ0n) is 6.86. The van der Waals surface area contributed by atoms with Gasteiger partial charge < -0.3 is 28.0 Å². The Kier molecular flexibility index (Phi) is 7.24. The van der Waals surface area contributed by atoms with Gasteiger partial charge in [0.05, 0.1) is 6.42 Å². The third-order valence-electron chi connectivity index (χ3n) is 0.738. The summed E-state index contributed by atoms with van der Waals surface area (Å²) in [6, 6.07) is -1.16. The third kappa shape index (κ3) is 17.8. The highest BCUT2D eigenvalue weighted by atomic mass is 16.4. The Hall–Kier alpha value is -1.83. The molecule has 10 N–H and O–H groups in total. The Balaban J connectivity index is 0. The van der Waals surface area contributed by atoms with E-state index in [1.54, 1.807) is 0 Å². The second-order valence-corrected chi connectivity index (χ2v) is 2.07. The van der Waals surface area contributed by atoms with Crippen LogP contribution in [0.1, 0.15) is 6.42 Å². The van der Waals surface area contributed by atoms with Crippen molar-refractivity contribution in [2.45, 2.75) is 12.5 Å². The second-order valence-electron chi connectivity index (χ2n) is 2.07. The largest absolute Gasteiger partial charge is 0.480 e. The topological polar surface area (TPSA) is 182 Å². The van der Waals surface area contributed by atoms with E-state index in [4.69, 9.17) is 16.2 Å². The van der Waals surface area contributed by atoms with Gasteiger partial charge in [0.1, 0.15) is 6.04 Å². The van der Waals surface area contributed by atoms with E-state index in [0.717, 1.165) is 0 Å². The van der Waals surface area contributed by atoms with Crippen molar-refractivity contribution in [1.82, 2.24) is 0 Å². The number of carbonyl (C=O) groups is 2. The molecule has 0 aromatic carbocycles. The molecule has 0 aliphatic heterocycles. The first-order chi connectivity index (χ1) is 5.77. The summed E-state index contributed by atoms with van der Waals surface area (Å²) < 4.78 is 0. The van der Waals surface area contributed by atoms with Gasteiger partial charge in [-0.2, -0.15) is 0 Å². The van der Waals surface area contributed by atoms with Gasteiger partial charge in [-0.25, -0.2) is 0 Å². The van der Waals surface area contributed by atoms with Crippen molar-refractivity contribution in [3.8, 4) is 0 Å². The first-order valence-electron chi connectivity index (χ1n) is 3.13. The number of amides is 1. The molecular formula is C5H13N5O3. The van der Waals surface area contributed by atoms with E-state index in [1.165, 1.54) is 0 Å². The number of primary amides is 1. The monoisotopic (exact) mass is 191 g/mol. The molecule has 76 valence electrons. The molecule has 0 rings (SSSR count). The quantitative estimate of drug-likeness (QED) is 0.205. The summed E-state index contributed by atoms with van der Waals surface area (Å²) in [6.45, 7) is 0. The zero-order valence-corrected chi connectivity index (χ0v) is 6.86. The molecule has 0 bridgehead atoms. The van der Waals surface area contributed by atoms with Crippen molar-refractivity contribution in [2.75, 3.05) is 0 Å². The van der Waals surface area contributed by atoms with Gasteiger partial charge in [-0.3, -0.25) is 15.0 Å². The Bertz CT molecular complexity index is 200. The summed E-state index contributed by atoms with van der Waals surface area (Å²) >= 11 is 0. The molecule has 0 saturated heterocycles. The summed E-state index contributed by atoms with van der Waals surface area (Å²) in [7, 11) is 0. The van der Waals surface area contributed by atoms with Gasteiger partial charge in [-0.15, -0.1) is 0 Å². The highest BCUT2D eigenvalue weighted by Crippen LogP contribution is 1.84. The van der Waals surface area contributed by atoms with Crippen LogP contribution in [0.2, 0.25) is 0 Å². The SMILES string of the molecule is N=C(N)N.NC(=O)C[C@H](N)C(=O)O. The number of nitrogens with two attached hydrogens (primary N) is 4. The van der Waals surface area contributed by atoms with Crippen molar-refractivity contribution in [3.63, 3.8) is 0 Å². The molecule has 0 aromatic heterocycles. The number of carboxylic acid groups (broad SMARTS) is 1. The summed E-state index contributed by atoms with van der Waals surface area (Å²) in [5, 5.41) is 14.2. The molecule has 1 amide bonds. The lowest BCUT2D eigenvalue weighted by Gasteiger charge is -1.99. The van der Waals surface area contributed by atoms with Gasteiger partial charge in [0, 0.05) is 0 Å². The van der Waals surface area contributed by atoms with Crippen LogP contribution in [-0.2, 0) is 9.59 Å². The molecule has 0 aliphatic carbocycles. The first-order valence-corrected chi connectivity index (χ1v) is 3.13. The van der Waals surface area contributed by atoms with E-state index in [0.29, 0.717) is 0 Å². The number of aliphatic carboxylic acids is 1. The average molecular weight is 191 g/mol. The van der Waals surface area contributed by atoms with Gasteiger partial charge in [-0.05, 0) is 0 Å². The van der Waals surface area contributed by atoms with Crippen LogP contribution in [0.15, 0.2) is 0 Å². The lowest BCUT2D eigenvalue weighted by Crippen LogP contribution is -2.34. The fourth-order valence-corrected chi connectivity index (χ4v) is 0.304. The first kappa shape index (κ1) is 13.7. The van der Waals surface area contributed by atoms with E-state index >= 15 is 0 Å². The molecular weight excluding hydrogens is 178 g/mol. The smallest absolute Gasteiger partial charge is 0.321 e. The van der Waals surface area contributed by atoms with Gasteiger partial charge in [0.15, 0.2) is 5.96 Å². The number of hydrogen-bond donors (Lipinski definition) is 6. The summed E-state index contributed by atoms with van der Waals surface area (Å²) in [5.41, 5.74) is 18.5. The van der Waals surface area contributed by atoms with E-state index in [1.807, 2.05) is 0 Å². The molecule has 0 aromatic rings. The Morgan fingerprint density at radius 2 is 1.62 bits per heavy atom. The van der Waals surface area contributed by atoms with Crippen molar-refractivity contribution in [1.29, 1.82) is 5.41 Å². The molecule has 8 nitrogen and oxygen atoms in total. The maximum Gasteiger partial charge on any atom is 0.321 e. The Morgan fingerprint density at radius 3 is 1.69 bits per heavy atom. The lowest BCUT2D eigenvalue weighted by molar-refractivity contribution is -0.140. The standard InChI is InChI=1S/C4H8N2O3.CH5N3/c5-2(4(8)9)1-3(6)7;2-1(3)4/h2H,1,5H2,(H2,6,7)(H,8,9);(H5,2,3,4)/t2-;/m0./s1. The Morgan fingerprint density at radius 1 is 1.31 bits per heavy atom. The minimum absolute atomic E-state index is 0.310. The molecule has 8 heteroatoms. The van der Waals surface area contributed by atoms with Crippen LogP contribution >= 0.6 is 0 Å². The molecule has 0 aliphatic rings. The molecule has 0 fully saturated rings. The maximum atomic E-state index is 9.99. The van der Waals surface area contributed by atoms with Crippen LogP contribution < -0.4 is 22.9 Å². The molecule has 0 spiro atoms. The molecule has 0 radical (unpaired) electrons. The van der Waals surface area contributed by atoms with Crippen molar-refractivity contribution < 1.29 is 14.7 Å². The minimum atomic E-state index is -1.21. The average Bonchev–Trinajstić information content (AvgIpc) is 1.83. The fourth-order valence-electron chi connectivity index (χ4n) is 0.304. The Labute approximate surface area is 74.4 Å². The number of hydrogen-bond acceptors (Lipinski definition) is 4. The lowest BCUT2D eigenvalue weighted by atomic mass is 10.2. The summed E-state index contributed by atoms with van der Waals surface area (Å²) in [6.07, 6.45) is -0.310. The maximum absolute atomic E-state index is 9.99. The molecule has 13 heavy (non-hydrogen) atoms. The zero-order chi connectivity index (χ0) is 11.0. The molecule has 0 unspecified atom stereocenters. The summed E-state index contributed by atoms with van der Waals surface area (Å²) in [5.74, 6) is -2.25. The number of nitrogens with one attached hydrogen (secondary N) is 1. The highest BCUT2D eigenvalue weighted by Gasteiger charge is 2.13. The molecule has 1 atom stereocenters. The number of rotatable bonds is 3. The van der Waals surface area contributed by atoms with E-state index < -0.39 is 17.9 Å². The normalized spacial score (nSPS) is 10.5. The van der Waals surface area contributed by atoms with Gasteiger partial charge in [-0.1, -0.05) is 0 Å². The van der Waals surface area contributed by atoms with Crippen LogP contribution in [0.3, 0.4) is 0 Å². The van der Waals surface area contributed by atoms with E-state index in [9.17, 15) is 9.59 Å². The van der Waals surface area contributed by atoms with Crippen molar-refractivity contribution in [3.05, 3.63) is 0 Å². The van der Waals surface area contributed by atoms with Crippen LogP contribution in [0.25, 0.3) is 0 Å². The third-order valence-corrected chi connectivity index (χ3v) is 0.738. The second kappa shape index (κ2) is 6.85. The van der Waals surface area contributed by atoms with Gasteiger partial charge in [0.2, 0.25) is 5.91 Å². The number of guanidine groups is 1. The predicted molar refractivity (Wildman–Crippen MR) is 45.5 cm³/mol. The van der Waals surface area contributed by atoms with Crippen molar-refractivity contribution >= 4 is 17.8 Å². The van der Waals surface area contributed by atoms with Crippen LogP contribution in [0, 0.1) is 5.41 Å². The minimum Gasteiger partial charge on any atom is -0.480 e. The van der Waals surface area contributed by atoms with Crippen LogP contribution in [0.4, 0.5) is 0 Å². The van der Waals surface area contributed by atoms with Gasteiger partial charge >= 0.3 is 5.97 Å². The molecule has 0 heterocycles. The fraction of sp³-hybridized carbons (Fsp3) is 0.400. The van der Waals surface area contributed by atoms with Gasteiger partial charge in [0.25, 0.3) is 0 Å². The van der Waals surface area contributed by atoms with Crippen LogP contribution in [0.5, 0.6) is 0 Å². The van der Waals surface area contributed by atoms with E-state index in [2.05, 4.69) is 17.2 Å².